The van der Waals surface area contributed by atoms with Crippen LogP contribution in [0.15, 0.2) is 60.0 Å². The Labute approximate surface area is 220 Å². The SMILES string of the molecule is Cc1cc(C)nc(NCc2cccc(C(=O)Nc3nc(-c4ccc(NC(=O)C(C)(C)C)cc4)cs3)c2)n1. The maximum atomic E-state index is 12.9. The molecule has 2 amide bonds. The third kappa shape index (κ3) is 6.98. The molecule has 0 saturated carbocycles. The van der Waals surface area contributed by atoms with Crippen molar-refractivity contribution in [2.24, 2.45) is 5.41 Å². The Hall–Kier alpha value is -4.11. The molecule has 4 aromatic rings. The predicted octanol–water partition coefficient (Wildman–Crippen LogP) is 6.07. The summed E-state index contributed by atoms with van der Waals surface area (Å²) in [7, 11) is 0. The fourth-order valence-corrected chi connectivity index (χ4v) is 4.20. The molecular weight excluding hydrogens is 484 g/mol. The van der Waals surface area contributed by atoms with Crippen LogP contribution in [0.2, 0.25) is 0 Å². The fourth-order valence-electron chi connectivity index (χ4n) is 3.48. The third-order valence-electron chi connectivity index (χ3n) is 5.47. The Morgan fingerprint density at radius 2 is 1.59 bits per heavy atom. The summed E-state index contributed by atoms with van der Waals surface area (Å²) in [6.07, 6.45) is 0. The number of carbonyl (C=O) groups is 2. The van der Waals surface area contributed by atoms with Gasteiger partial charge in [-0.1, -0.05) is 45.0 Å². The first-order valence-electron chi connectivity index (χ1n) is 11.9. The number of benzene rings is 2. The second-order valence-corrected chi connectivity index (χ2v) is 10.7. The van der Waals surface area contributed by atoms with Crippen LogP contribution in [0.1, 0.15) is 48.1 Å². The van der Waals surface area contributed by atoms with Crippen molar-refractivity contribution in [1.29, 1.82) is 0 Å². The third-order valence-corrected chi connectivity index (χ3v) is 6.22. The van der Waals surface area contributed by atoms with E-state index in [0.717, 1.165) is 33.9 Å². The lowest BCUT2D eigenvalue weighted by Crippen LogP contribution is -2.27. The van der Waals surface area contributed by atoms with Crippen LogP contribution < -0.4 is 16.0 Å². The van der Waals surface area contributed by atoms with Crippen molar-refractivity contribution in [2.45, 2.75) is 41.2 Å². The number of amides is 2. The average molecular weight is 515 g/mol. The van der Waals surface area contributed by atoms with Gasteiger partial charge in [0.15, 0.2) is 5.13 Å². The summed E-state index contributed by atoms with van der Waals surface area (Å²) in [6, 6.07) is 16.8. The standard InChI is InChI=1S/C28H30N6O2S/c1-17-13-18(2)31-26(30-17)29-15-19-7-6-8-21(14-19)24(35)34-27-33-23(16-37-27)20-9-11-22(12-10-20)32-25(36)28(3,4)5/h6-14,16H,15H2,1-5H3,(H,32,36)(H,29,30,31)(H,33,34,35). The number of nitrogens with zero attached hydrogens (tertiary/aromatic N) is 3. The first-order valence-corrected chi connectivity index (χ1v) is 12.8. The van der Waals surface area contributed by atoms with Gasteiger partial charge in [-0.15, -0.1) is 11.3 Å². The number of rotatable bonds is 7. The van der Waals surface area contributed by atoms with Gasteiger partial charge in [0.1, 0.15) is 0 Å². The molecule has 0 aliphatic rings. The molecular formula is C28H30N6O2S. The summed E-state index contributed by atoms with van der Waals surface area (Å²) in [5.74, 6) is 0.287. The Morgan fingerprint density at radius 3 is 2.27 bits per heavy atom. The average Bonchev–Trinajstić information content (AvgIpc) is 3.30. The number of hydrogen-bond acceptors (Lipinski definition) is 7. The van der Waals surface area contributed by atoms with E-state index < -0.39 is 5.41 Å². The second kappa shape index (κ2) is 10.9. The zero-order chi connectivity index (χ0) is 26.6. The molecule has 0 atom stereocenters. The van der Waals surface area contributed by atoms with Crippen LogP contribution in [-0.2, 0) is 11.3 Å². The van der Waals surface area contributed by atoms with E-state index in [0.29, 0.717) is 23.2 Å². The highest BCUT2D eigenvalue weighted by atomic mass is 32.1. The minimum atomic E-state index is -0.467. The molecule has 0 spiro atoms. The number of thiazole rings is 1. The van der Waals surface area contributed by atoms with Gasteiger partial charge in [-0.2, -0.15) is 0 Å². The molecule has 2 aromatic heterocycles. The number of aromatic nitrogens is 3. The van der Waals surface area contributed by atoms with Crippen LogP contribution >= 0.6 is 11.3 Å². The summed E-state index contributed by atoms with van der Waals surface area (Å²) in [6.45, 7) is 9.97. The van der Waals surface area contributed by atoms with E-state index >= 15 is 0 Å². The summed E-state index contributed by atoms with van der Waals surface area (Å²) < 4.78 is 0. The molecule has 0 saturated heterocycles. The zero-order valence-corrected chi connectivity index (χ0v) is 22.4. The Balaban J connectivity index is 1.37. The van der Waals surface area contributed by atoms with Gasteiger partial charge in [0.25, 0.3) is 5.91 Å². The van der Waals surface area contributed by atoms with Crippen molar-refractivity contribution in [3.8, 4) is 11.3 Å². The highest BCUT2D eigenvalue weighted by Gasteiger charge is 2.21. The number of aryl methyl sites for hydroxylation is 2. The highest BCUT2D eigenvalue weighted by molar-refractivity contribution is 7.14. The normalized spacial score (nSPS) is 11.2. The van der Waals surface area contributed by atoms with Crippen LogP contribution in [0.4, 0.5) is 16.8 Å². The predicted molar refractivity (Wildman–Crippen MR) is 149 cm³/mol. The molecule has 0 bridgehead atoms. The van der Waals surface area contributed by atoms with Crippen molar-refractivity contribution < 1.29 is 9.59 Å². The Kier molecular flexibility index (Phi) is 7.63. The van der Waals surface area contributed by atoms with E-state index in [2.05, 4.69) is 30.9 Å². The molecule has 3 N–H and O–H groups in total. The Morgan fingerprint density at radius 1 is 0.892 bits per heavy atom. The van der Waals surface area contributed by atoms with E-state index in [1.54, 1.807) is 6.07 Å². The maximum absolute atomic E-state index is 12.9. The maximum Gasteiger partial charge on any atom is 0.257 e. The van der Waals surface area contributed by atoms with Gasteiger partial charge >= 0.3 is 0 Å². The van der Waals surface area contributed by atoms with E-state index in [1.807, 2.05) is 88.5 Å². The van der Waals surface area contributed by atoms with Crippen LogP contribution in [0.25, 0.3) is 11.3 Å². The molecule has 0 aliphatic carbocycles. The monoisotopic (exact) mass is 514 g/mol. The van der Waals surface area contributed by atoms with Gasteiger partial charge in [-0.3, -0.25) is 14.9 Å². The smallest absolute Gasteiger partial charge is 0.257 e. The molecule has 9 heteroatoms. The molecule has 0 unspecified atom stereocenters. The fraction of sp³-hybridized carbons (Fsp3) is 0.250. The number of hydrogen-bond donors (Lipinski definition) is 3. The van der Waals surface area contributed by atoms with Crippen molar-refractivity contribution >= 4 is 39.9 Å². The van der Waals surface area contributed by atoms with E-state index in [-0.39, 0.29) is 11.8 Å². The molecule has 0 radical (unpaired) electrons. The van der Waals surface area contributed by atoms with Crippen molar-refractivity contribution in [1.82, 2.24) is 15.0 Å². The number of anilines is 3. The lowest BCUT2D eigenvalue weighted by atomic mass is 9.95. The van der Waals surface area contributed by atoms with Crippen LogP contribution in [0, 0.1) is 19.3 Å². The summed E-state index contributed by atoms with van der Waals surface area (Å²) in [4.78, 5) is 38.4. The van der Waals surface area contributed by atoms with Gasteiger partial charge < -0.3 is 10.6 Å². The molecule has 0 fully saturated rings. The molecule has 0 aliphatic heterocycles. The van der Waals surface area contributed by atoms with Crippen molar-refractivity contribution in [3.05, 3.63) is 82.5 Å². The summed E-state index contributed by atoms with van der Waals surface area (Å²) >= 11 is 1.36. The topological polar surface area (TPSA) is 109 Å². The van der Waals surface area contributed by atoms with E-state index in [4.69, 9.17) is 0 Å². The minimum Gasteiger partial charge on any atom is -0.350 e. The van der Waals surface area contributed by atoms with E-state index in [1.165, 1.54) is 11.3 Å². The van der Waals surface area contributed by atoms with Crippen LogP contribution in [-0.4, -0.2) is 26.8 Å². The van der Waals surface area contributed by atoms with Gasteiger partial charge in [0, 0.05) is 45.5 Å². The molecule has 2 heterocycles. The molecule has 37 heavy (non-hydrogen) atoms. The van der Waals surface area contributed by atoms with Gasteiger partial charge in [0.2, 0.25) is 11.9 Å². The van der Waals surface area contributed by atoms with E-state index in [9.17, 15) is 9.59 Å². The van der Waals surface area contributed by atoms with Crippen molar-refractivity contribution in [3.63, 3.8) is 0 Å². The molecule has 190 valence electrons. The lowest BCUT2D eigenvalue weighted by molar-refractivity contribution is -0.123. The highest BCUT2D eigenvalue weighted by Crippen LogP contribution is 2.27. The quantitative estimate of drug-likeness (QED) is 0.276. The number of nitrogens with one attached hydrogen (secondary N) is 3. The largest absolute Gasteiger partial charge is 0.350 e. The first kappa shape index (κ1) is 26.0. The van der Waals surface area contributed by atoms with Crippen LogP contribution in [0.5, 0.6) is 0 Å². The summed E-state index contributed by atoms with van der Waals surface area (Å²) in [5, 5.41) is 11.4. The molecule has 4 rings (SSSR count). The van der Waals surface area contributed by atoms with Crippen molar-refractivity contribution in [2.75, 3.05) is 16.0 Å². The number of carbonyl (C=O) groups excluding carboxylic acids is 2. The molecule has 8 nitrogen and oxygen atoms in total. The first-order chi connectivity index (χ1) is 17.6. The zero-order valence-electron chi connectivity index (χ0n) is 21.5. The van der Waals surface area contributed by atoms with Crippen LogP contribution in [0.3, 0.4) is 0 Å². The summed E-state index contributed by atoms with van der Waals surface area (Å²) in [5.41, 5.74) is 5.18. The lowest BCUT2D eigenvalue weighted by Gasteiger charge is -2.17. The second-order valence-electron chi connectivity index (χ2n) is 9.80. The van der Waals surface area contributed by atoms with Gasteiger partial charge in [-0.25, -0.2) is 15.0 Å². The molecule has 2 aromatic carbocycles. The Bertz CT molecular complexity index is 1400. The van der Waals surface area contributed by atoms with Gasteiger partial charge in [-0.05, 0) is 49.7 Å². The minimum absolute atomic E-state index is 0.0441. The van der Waals surface area contributed by atoms with Gasteiger partial charge in [0.05, 0.1) is 5.69 Å².